The van der Waals surface area contributed by atoms with Crippen LogP contribution >= 0.6 is 0 Å². The van der Waals surface area contributed by atoms with Gasteiger partial charge in [-0.2, -0.15) is 0 Å². The average molecular weight is 491 g/mol. The molecule has 0 spiro atoms. The Balaban J connectivity index is 1.63. The van der Waals surface area contributed by atoms with Crippen molar-refractivity contribution in [3.63, 3.8) is 0 Å². The first-order valence-electron chi connectivity index (χ1n) is 12.5. The van der Waals surface area contributed by atoms with Gasteiger partial charge < -0.3 is 14.2 Å². The molecule has 4 aliphatic rings. The van der Waals surface area contributed by atoms with E-state index in [9.17, 15) is 19.2 Å². The molecular formula is C27H35FO7. The lowest BCUT2D eigenvalue weighted by Crippen LogP contribution is -2.65. The Morgan fingerprint density at radius 1 is 1.14 bits per heavy atom. The summed E-state index contributed by atoms with van der Waals surface area (Å²) in [5, 5.41) is 0. The van der Waals surface area contributed by atoms with Crippen molar-refractivity contribution >= 4 is 23.3 Å². The van der Waals surface area contributed by atoms with Gasteiger partial charge >= 0.3 is 5.97 Å². The maximum atomic E-state index is 17.2. The molecule has 0 radical (unpaired) electrons. The molecule has 3 saturated carbocycles. The molecular weight excluding hydrogens is 455 g/mol. The number of Topliss-reactive ketones (excluding diaryl/α,β-unsaturated/α-hetero) is 2. The van der Waals surface area contributed by atoms with Crippen molar-refractivity contribution < 1.29 is 37.8 Å². The van der Waals surface area contributed by atoms with Crippen LogP contribution in [0.5, 0.6) is 0 Å². The number of rotatable bonds is 8. The molecule has 3 fully saturated rings. The van der Waals surface area contributed by atoms with E-state index < -0.39 is 40.1 Å². The second kappa shape index (κ2) is 9.26. The lowest BCUT2D eigenvalue weighted by Gasteiger charge is -2.58. The normalized spacial score (nSPS) is 38.0. The highest BCUT2D eigenvalue weighted by molar-refractivity contribution is 6.05. The zero-order chi connectivity index (χ0) is 25.6. The smallest absolute Gasteiger partial charge is 0.306 e. The first-order valence-corrected chi connectivity index (χ1v) is 12.5. The minimum atomic E-state index is -2.20. The predicted molar refractivity (Wildman–Crippen MR) is 124 cm³/mol. The summed E-state index contributed by atoms with van der Waals surface area (Å²) in [5.74, 6) is -2.70. The van der Waals surface area contributed by atoms with Crippen LogP contribution in [-0.4, -0.2) is 49.5 Å². The van der Waals surface area contributed by atoms with Crippen molar-refractivity contribution in [2.24, 2.45) is 28.6 Å². The van der Waals surface area contributed by atoms with Gasteiger partial charge in [0.05, 0.1) is 5.41 Å². The fourth-order valence-electron chi connectivity index (χ4n) is 7.29. The first-order chi connectivity index (χ1) is 16.5. The fourth-order valence-corrected chi connectivity index (χ4v) is 7.29. The van der Waals surface area contributed by atoms with Crippen molar-refractivity contribution in [2.75, 3.05) is 20.5 Å². The van der Waals surface area contributed by atoms with E-state index in [4.69, 9.17) is 14.2 Å². The van der Waals surface area contributed by atoms with E-state index in [1.165, 1.54) is 19.3 Å². The number of carbonyl (C=O) groups excluding carboxylic acids is 4. The minimum Gasteiger partial charge on any atom is -0.464 e. The number of fused-ring (bicyclic) bond motifs is 5. The SMILES string of the molecule is CCCC(=O)OCC(=O)[C@H]1CC[C@H]2[C@@H]3CCC4=CC(=O)C(OCOC)=C[C@]4(C)[C@@]3(F)C(=O)C[C@]12C. The second-order valence-electron chi connectivity index (χ2n) is 10.9. The number of allylic oxidation sites excluding steroid dienone is 3. The highest BCUT2D eigenvalue weighted by Crippen LogP contribution is 2.68. The number of carbonyl (C=O) groups is 4. The highest BCUT2D eigenvalue weighted by Gasteiger charge is 2.71. The summed E-state index contributed by atoms with van der Waals surface area (Å²) < 4.78 is 32.7. The van der Waals surface area contributed by atoms with Crippen LogP contribution in [0.1, 0.15) is 65.7 Å². The topological polar surface area (TPSA) is 96.0 Å². The van der Waals surface area contributed by atoms with Crippen molar-refractivity contribution in [3.05, 3.63) is 23.5 Å². The third-order valence-corrected chi connectivity index (χ3v) is 9.02. The Labute approximate surface area is 205 Å². The van der Waals surface area contributed by atoms with E-state index in [0.717, 1.165) is 0 Å². The Bertz CT molecular complexity index is 999. The van der Waals surface area contributed by atoms with Crippen molar-refractivity contribution in [2.45, 2.75) is 71.4 Å². The van der Waals surface area contributed by atoms with Crippen LogP contribution < -0.4 is 0 Å². The van der Waals surface area contributed by atoms with Crippen LogP contribution in [0.3, 0.4) is 0 Å². The summed E-state index contributed by atoms with van der Waals surface area (Å²) in [5.41, 5.74) is -3.58. The summed E-state index contributed by atoms with van der Waals surface area (Å²) in [6.45, 7) is 5.00. The van der Waals surface area contributed by atoms with E-state index in [1.54, 1.807) is 6.92 Å². The van der Waals surface area contributed by atoms with E-state index in [-0.39, 0.29) is 49.5 Å². The molecule has 0 amide bonds. The molecule has 0 N–H and O–H groups in total. The van der Waals surface area contributed by atoms with Crippen molar-refractivity contribution in [1.29, 1.82) is 0 Å². The third kappa shape index (κ3) is 3.88. The van der Waals surface area contributed by atoms with Crippen LogP contribution in [-0.2, 0) is 33.4 Å². The van der Waals surface area contributed by atoms with Gasteiger partial charge in [0.15, 0.2) is 29.8 Å². The van der Waals surface area contributed by atoms with Crippen molar-refractivity contribution in [1.82, 2.24) is 0 Å². The van der Waals surface area contributed by atoms with Gasteiger partial charge in [0.1, 0.15) is 6.61 Å². The lowest BCUT2D eigenvalue weighted by molar-refractivity contribution is -0.169. The molecule has 0 aromatic carbocycles. The molecule has 0 bridgehead atoms. The molecule has 0 unspecified atom stereocenters. The Morgan fingerprint density at radius 2 is 1.89 bits per heavy atom. The highest BCUT2D eigenvalue weighted by atomic mass is 19.1. The number of esters is 1. The van der Waals surface area contributed by atoms with E-state index in [1.807, 2.05) is 13.8 Å². The number of alkyl halides is 1. The van der Waals surface area contributed by atoms with Gasteiger partial charge in [-0.05, 0) is 62.5 Å². The molecule has 4 aliphatic carbocycles. The van der Waals surface area contributed by atoms with Crippen LogP contribution in [0, 0.1) is 28.6 Å². The molecule has 4 rings (SSSR count). The second-order valence-corrected chi connectivity index (χ2v) is 10.9. The molecule has 0 aliphatic heterocycles. The molecule has 35 heavy (non-hydrogen) atoms. The van der Waals surface area contributed by atoms with Gasteiger partial charge in [0.2, 0.25) is 5.78 Å². The van der Waals surface area contributed by atoms with E-state index in [0.29, 0.717) is 37.7 Å². The number of hydrogen-bond acceptors (Lipinski definition) is 7. The molecule has 0 aromatic rings. The van der Waals surface area contributed by atoms with Gasteiger partial charge in [-0.25, -0.2) is 4.39 Å². The summed E-state index contributed by atoms with van der Waals surface area (Å²) in [6.07, 6.45) is 5.82. The van der Waals surface area contributed by atoms with Gasteiger partial charge in [-0.15, -0.1) is 0 Å². The fraction of sp³-hybridized carbons (Fsp3) is 0.704. The molecule has 6 atom stereocenters. The van der Waals surface area contributed by atoms with Gasteiger partial charge in [-0.3, -0.25) is 19.2 Å². The largest absolute Gasteiger partial charge is 0.464 e. The van der Waals surface area contributed by atoms with Gasteiger partial charge in [0.25, 0.3) is 0 Å². The van der Waals surface area contributed by atoms with Crippen LogP contribution in [0.15, 0.2) is 23.5 Å². The minimum absolute atomic E-state index is 0.00900. The third-order valence-electron chi connectivity index (χ3n) is 9.02. The summed E-state index contributed by atoms with van der Waals surface area (Å²) in [7, 11) is 1.43. The predicted octanol–water partition coefficient (Wildman–Crippen LogP) is 4.04. The molecule has 0 saturated heterocycles. The number of methoxy groups -OCH3 is 1. The van der Waals surface area contributed by atoms with Crippen LogP contribution in [0.25, 0.3) is 0 Å². The summed E-state index contributed by atoms with van der Waals surface area (Å²) in [6, 6.07) is 0. The van der Waals surface area contributed by atoms with Gasteiger partial charge in [-0.1, -0.05) is 19.4 Å². The van der Waals surface area contributed by atoms with E-state index in [2.05, 4.69) is 0 Å². The summed E-state index contributed by atoms with van der Waals surface area (Å²) >= 11 is 0. The molecule has 7 nitrogen and oxygen atoms in total. The number of halogens is 1. The maximum Gasteiger partial charge on any atom is 0.306 e. The average Bonchev–Trinajstić information content (AvgIpc) is 3.14. The molecule has 192 valence electrons. The number of hydrogen-bond donors (Lipinski definition) is 0. The Morgan fingerprint density at radius 3 is 2.57 bits per heavy atom. The van der Waals surface area contributed by atoms with Gasteiger partial charge in [0, 0.05) is 31.8 Å². The number of ketones is 3. The molecule has 0 heterocycles. The van der Waals surface area contributed by atoms with Crippen molar-refractivity contribution in [3.8, 4) is 0 Å². The lowest BCUT2D eigenvalue weighted by atomic mass is 9.45. The molecule has 8 heteroatoms. The Kier molecular flexibility index (Phi) is 6.81. The van der Waals surface area contributed by atoms with E-state index >= 15 is 4.39 Å². The number of ether oxygens (including phenoxy) is 3. The maximum absolute atomic E-state index is 17.2. The first kappa shape index (κ1) is 25.7. The quantitative estimate of drug-likeness (QED) is 0.374. The zero-order valence-corrected chi connectivity index (χ0v) is 21.0. The zero-order valence-electron chi connectivity index (χ0n) is 21.0. The van der Waals surface area contributed by atoms with Crippen LogP contribution in [0.4, 0.5) is 4.39 Å². The Hall–Kier alpha value is -2.35. The van der Waals surface area contributed by atoms with Crippen LogP contribution in [0.2, 0.25) is 0 Å². The molecule has 0 aromatic heterocycles. The summed E-state index contributed by atoms with van der Waals surface area (Å²) in [4.78, 5) is 51.1. The monoisotopic (exact) mass is 490 g/mol. The standard InChI is InChI=1S/C27H35FO7/c1-5-6-24(32)34-14-21(30)19-10-9-17-18-8-7-16-11-20(29)22(35-15-33-4)12-26(16,3)27(18,28)23(31)13-25(17,19)2/h11-12,17-19H,5-10,13-15H2,1-4H3/t17-,18-,19+,25-,26-,27-/m0/s1.